The smallest absolute Gasteiger partial charge is 0.252 e. The lowest BCUT2D eigenvalue weighted by Gasteiger charge is -2.31. The van der Waals surface area contributed by atoms with Gasteiger partial charge in [0.2, 0.25) is 21.8 Å². The number of imide groups is 1. The molecule has 0 saturated carbocycles. The molecule has 0 radical (unpaired) electrons. The van der Waals surface area contributed by atoms with E-state index in [2.05, 4.69) is 21.2 Å². The second kappa shape index (κ2) is 9.51. The third-order valence-electron chi connectivity index (χ3n) is 5.29. The highest BCUT2D eigenvalue weighted by Crippen LogP contribution is 2.32. The first-order chi connectivity index (χ1) is 15.1. The fourth-order valence-electron chi connectivity index (χ4n) is 3.60. The second-order valence-corrected chi connectivity index (χ2v) is 10.3. The molecule has 0 spiro atoms. The first kappa shape index (κ1) is 24.1. The molecule has 1 aliphatic rings. The molecule has 1 N–H and O–H groups in total. The summed E-state index contributed by atoms with van der Waals surface area (Å²) in [5.74, 6) is -1.32. The zero-order valence-corrected chi connectivity index (χ0v) is 20.3. The van der Waals surface area contributed by atoms with Crippen LogP contribution in [0.25, 0.3) is 0 Å². The molecule has 2 aromatic rings. The van der Waals surface area contributed by atoms with Gasteiger partial charge in [-0.25, -0.2) is 13.3 Å². The maximum atomic E-state index is 13.5. The predicted molar refractivity (Wildman–Crippen MR) is 125 cm³/mol. The van der Waals surface area contributed by atoms with E-state index < -0.39 is 33.9 Å². The minimum Gasteiger partial charge on any atom is -0.326 e. The normalized spacial score (nSPS) is 17.7. The van der Waals surface area contributed by atoms with E-state index in [0.717, 1.165) is 13.7 Å². The van der Waals surface area contributed by atoms with E-state index in [9.17, 15) is 22.8 Å². The van der Waals surface area contributed by atoms with Gasteiger partial charge in [-0.05, 0) is 61.9 Å². The van der Waals surface area contributed by atoms with Crippen LogP contribution in [0.1, 0.15) is 33.6 Å². The highest BCUT2D eigenvalue weighted by Gasteiger charge is 2.48. The Balaban J connectivity index is 1.95. The summed E-state index contributed by atoms with van der Waals surface area (Å²) >= 11 is 3.29. The van der Waals surface area contributed by atoms with Crippen LogP contribution < -0.4 is 10.2 Å². The van der Waals surface area contributed by atoms with Crippen LogP contribution in [-0.4, -0.2) is 42.5 Å². The third kappa shape index (κ3) is 4.77. The van der Waals surface area contributed by atoms with Gasteiger partial charge in [-0.1, -0.05) is 22.9 Å². The molecular weight excluding hydrogens is 498 g/mol. The molecule has 2 atom stereocenters. The van der Waals surface area contributed by atoms with Gasteiger partial charge < -0.3 is 5.32 Å². The van der Waals surface area contributed by atoms with Crippen molar-refractivity contribution in [3.05, 3.63) is 53.0 Å². The Bertz CT molecular complexity index is 1130. The number of carbonyl (C=O) groups excluding carboxylic acids is 3. The first-order valence-corrected chi connectivity index (χ1v) is 12.3. The van der Waals surface area contributed by atoms with Gasteiger partial charge in [0, 0.05) is 23.1 Å². The van der Waals surface area contributed by atoms with Gasteiger partial charge in [0.05, 0.1) is 17.0 Å². The minimum absolute atomic E-state index is 0.0550. The topological polar surface area (TPSA) is 104 Å². The fourth-order valence-corrected chi connectivity index (χ4v) is 5.71. The van der Waals surface area contributed by atoms with Gasteiger partial charge in [0.1, 0.15) is 6.04 Å². The Morgan fingerprint density at radius 2 is 1.75 bits per heavy atom. The van der Waals surface area contributed by atoms with Crippen LogP contribution in [0.15, 0.2) is 57.9 Å². The minimum atomic E-state index is -4.03. The van der Waals surface area contributed by atoms with Crippen LogP contribution in [0, 0.1) is 0 Å². The molecule has 32 heavy (non-hydrogen) atoms. The van der Waals surface area contributed by atoms with E-state index in [1.165, 1.54) is 19.1 Å². The maximum Gasteiger partial charge on any atom is 0.252 e. The number of halogens is 1. The lowest BCUT2D eigenvalue weighted by molar-refractivity contribution is -0.122. The number of carbonyl (C=O) groups is 3. The van der Waals surface area contributed by atoms with Crippen molar-refractivity contribution in [2.45, 2.75) is 50.6 Å². The van der Waals surface area contributed by atoms with Gasteiger partial charge in [-0.2, -0.15) is 4.31 Å². The predicted octanol–water partition coefficient (Wildman–Crippen LogP) is 3.53. The van der Waals surface area contributed by atoms with E-state index in [1.54, 1.807) is 43.3 Å². The monoisotopic (exact) mass is 521 g/mol. The van der Waals surface area contributed by atoms with Crippen LogP contribution in [0.2, 0.25) is 0 Å². The number of hydrogen-bond donors (Lipinski definition) is 1. The van der Waals surface area contributed by atoms with Crippen molar-refractivity contribution in [3.63, 3.8) is 0 Å². The van der Waals surface area contributed by atoms with Crippen LogP contribution in [0.3, 0.4) is 0 Å². The van der Waals surface area contributed by atoms with Crippen molar-refractivity contribution >= 4 is 55.0 Å². The Morgan fingerprint density at radius 3 is 2.28 bits per heavy atom. The highest BCUT2D eigenvalue weighted by atomic mass is 79.9. The molecule has 0 aromatic heterocycles. The molecule has 1 saturated heterocycles. The second-order valence-electron chi connectivity index (χ2n) is 7.56. The number of nitrogens with zero attached hydrogens (tertiary/aromatic N) is 2. The molecule has 10 heteroatoms. The number of anilines is 2. The van der Waals surface area contributed by atoms with Gasteiger partial charge in [-0.15, -0.1) is 0 Å². The Labute approximate surface area is 195 Å². The lowest BCUT2D eigenvalue weighted by Crippen LogP contribution is -2.49. The molecule has 2 unspecified atom stereocenters. The van der Waals surface area contributed by atoms with Gasteiger partial charge >= 0.3 is 0 Å². The van der Waals surface area contributed by atoms with Crippen LogP contribution in [0.4, 0.5) is 11.4 Å². The standard InChI is InChI=1S/C22H24BrN3O5S/c1-4-14(2)26(32(30,31)19-11-5-16(23)6-12-19)20-13-21(28)25(22(20)29)18-9-7-17(8-10-18)24-15(3)27/h5-12,14,20H,4,13H2,1-3H3,(H,24,27). The summed E-state index contributed by atoms with van der Waals surface area (Å²) in [7, 11) is -4.03. The van der Waals surface area contributed by atoms with E-state index in [-0.39, 0.29) is 17.2 Å². The summed E-state index contributed by atoms with van der Waals surface area (Å²) < 4.78 is 28.8. The Kier molecular flexibility index (Phi) is 7.16. The summed E-state index contributed by atoms with van der Waals surface area (Å²) in [5.41, 5.74) is 0.845. The first-order valence-electron chi connectivity index (χ1n) is 10.1. The summed E-state index contributed by atoms with van der Waals surface area (Å²) in [6, 6.07) is 10.8. The van der Waals surface area contributed by atoms with Crippen molar-refractivity contribution in [2.24, 2.45) is 0 Å². The van der Waals surface area contributed by atoms with Gasteiger partial charge in [-0.3, -0.25) is 14.4 Å². The molecule has 0 aliphatic carbocycles. The zero-order chi connectivity index (χ0) is 23.6. The fraction of sp³-hybridized carbons (Fsp3) is 0.318. The molecular formula is C22H24BrN3O5S. The van der Waals surface area contributed by atoms with E-state index >= 15 is 0 Å². The van der Waals surface area contributed by atoms with Gasteiger partial charge in [0.15, 0.2) is 0 Å². The molecule has 0 bridgehead atoms. The summed E-state index contributed by atoms with van der Waals surface area (Å²) in [6.45, 7) is 4.93. The van der Waals surface area contributed by atoms with Crippen LogP contribution >= 0.6 is 15.9 Å². The number of hydrogen-bond acceptors (Lipinski definition) is 5. The van der Waals surface area contributed by atoms with Crippen molar-refractivity contribution in [2.75, 3.05) is 10.2 Å². The van der Waals surface area contributed by atoms with Crippen molar-refractivity contribution in [1.82, 2.24) is 4.31 Å². The summed E-state index contributed by atoms with van der Waals surface area (Å²) in [5, 5.41) is 2.62. The van der Waals surface area contributed by atoms with Crippen molar-refractivity contribution in [1.29, 1.82) is 0 Å². The van der Waals surface area contributed by atoms with Crippen molar-refractivity contribution < 1.29 is 22.8 Å². The van der Waals surface area contributed by atoms with E-state index in [1.807, 2.05) is 6.92 Å². The quantitative estimate of drug-likeness (QED) is 0.561. The van der Waals surface area contributed by atoms with Gasteiger partial charge in [0.25, 0.3) is 5.91 Å². The summed E-state index contributed by atoms with van der Waals surface area (Å²) in [4.78, 5) is 38.4. The van der Waals surface area contributed by atoms with Crippen LogP contribution in [-0.2, 0) is 24.4 Å². The molecule has 2 aromatic carbocycles. The Morgan fingerprint density at radius 1 is 1.16 bits per heavy atom. The summed E-state index contributed by atoms with van der Waals surface area (Å²) in [6.07, 6.45) is 0.228. The molecule has 1 heterocycles. The van der Waals surface area contributed by atoms with E-state index in [4.69, 9.17) is 0 Å². The largest absolute Gasteiger partial charge is 0.326 e. The SMILES string of the molecule is CCC(C)N(C1CC(=O)N(c2ccc(NC(C)=O)cc2)C1=O)S(=O)(=O)c1ccc(Br)cc1. The number of benzene rings is 2. The van der Waals surface area contributed by atoms with Crippen molar-refractivity contribution in [3.8, 4) is 0 Å². The van der Waals surface area contributed by atoms with E-state index in [0.29, 0.717) is 17.8 Å². The molecule has 8 nitrogen and oxygen atoms in total. The zero-order valence-electron chi connectivity index (χ0n) is 17.9. The molecule has 3 rings (SSSR count). The number of sulfonamides is 1. The maximum absolute atomic E-state index is 13.5. The average molecular weight is 522 g/mol. The lowest BCUT2D eigenvalue weighted by atomic mass is 10.2. The van der Waals surface area contributed by atoms with Crippen LogP contribution in [0.5, 0.6) is 0 Å². The molecule has 1 fully saturated rings. The number of rotatable bonds is 7. The number of nitrogens with one attached hydrogen (secondary N) is 1. The molecule has 1 aliphatic heterocycles. The highest BCUT2D eigenvalue weighted by molar-refractivity contribution is 9.10. The average Bonchev–Trinajstić information content (AvgIpc) is 3.02. The molecule has 3 amide bonds. The molecule has 170 valence electrons. The Hall–Kier alpha value is -2.56. The number of amides is 3. The third-order valence-corrected chi connectivity index (χ3v) is 7.86.